The number of carbonyl (C=O) groups excluding carboxylic acids is 1. The van der Waals surface area contributed by atoms with Crippen LogP contribution >= 0.6 is 0 Å². The lowest BCUT2D eigenvalue weighted by Gasteiger charge is -2.24. The second kappa shape index (κ2) is 7.98. The minimum Gasteiger partial charge on any atom is -0.342 e. The summed E-state index contributed by atoms with van der Waals surface area (Å²) in [5.74, 6) is -2.12. The molecule has 0 unspecified atom stereocenters. The number of rotatable bonds is 4. The van der Waals surface area contributed by atoms with Crippen LogP contribution in [0.5, 0.6) is 0 Å². The van der Waals surface area contributed by atoms with Crippen molar-refractivity contribution in [1.82, 2.24) is 14.1 Å². The van der Waals surface area contributed by atoms with Gasteiger partial charge in [-0.2, -0.15) is 4.31 Å². The lowest BCUT2D eigenvalue weighted by Crippen LogP contribution is -2.41. The van der Waals surface area contributed by atoms with Crippen LogP contribution in [0.4, 0.5) is 8.78 Å². The Bertz CT molecular complexity index is 746. The molecule has 9 heteroatoms. The third kappa shape index (κ3) is 4.05. The SMILES string of the molecule is O=C(CN1CCCN(S(=O)(=O)c2c(F)cccc2F)CC1)N1CCCC1. The molecule has 3 rings (SSSR count). The van der Waals surface area contributed by atoms with Crippen LogP contribution in [0.1, 0.15) is 19.3 Å². The molecule has 0 aliphatic carbocycles. The lowest BCUT2D eigenvalue weighted by atomic mass is 10.3. The third-order valence-corrected chi connectivity index (χ3v) is 6.83. The molecule has 0 radical (unpaired) electrons. The highest BCUT2D eigenvalue weighted by Gasteiger charge is 2.32. The highest BCUT2D eigenvalue weighted by Crippen LogP contribution is 2.23. The zero-order valence-corrected chi connectivity index (χ0v) is 15.4. The van der Waals surface area contributed by atoms with Gasteiger partial charge >= 0.3 is 0 Å². The Hall–Kier alpha value is -1.58. The Morgan fingerprint density at radius 1 is 0.923 bits per heavy atom. The Labute approximate surface area is 152 Å². The van der Waals surface area contributed by atoms with E-state index in [9.17, 15) is 22.0 Å². The van der Waals surface area contributed by atoms with Gasteiger partial charge in [-0.15, -0.1) is 0 Å². The highest BCUT2D eigenvalue weighted by atomic mass is 32.2. The molecule has 0 aromatic heterocycles. The van der Waals surface area contributed by atoms with Gasteiger partial charge in [0.25, 0.3) is 0 Å². The summed E-state index contributed by atoms with van der Waals surface area (Å²) in [6.45, 7) is 3.01. The summed E-state index contributed by atoms with van der Waals surface area (Å²) in [5, 5.41) is 0. The van der Waals surface area contributed by atoms with E-state index in [1.54, 1.807) is 0 Å². The van der Waals surface area contributed by atoms with Crippen molar-refractivity contribution in [3.05, 3.63) is 29.8 Å². The number of benzene rings is 1. The quantitative estimate of drug-likeness (QED) is 0.781. The van der Waals surface area contributed by atoms with Crippen LogP contribution in [0, 0.1) is 11.6 Å². The largest absolute Gasteiger partial charge is 0.342 e. The molecule has 26 heavy (non-hydrogen) atoms. The third-order valence-electron chi connectivity index (χ3n) is 4.88. The number of carbonyl (C=O) groups is 1. The van der Waals surface area contributed by atoms with E-state index in [0.717, 1.165) is 48.4 Å². The number of likely N-dealkylation sites (tertiary alicyclic amines) is 1. The molecule has 1 amide bonds. The van der Waals surface area contributed by atoms with Crippen LogP contribution in [0.3, 0.4) is 0 Å². The monoisotopic (exact) mass is 387 g/mol. The summed E-state index contributed by atoms with van der Waals surface area (Å²) in [4.78, 5) is 15.1. The van der Waals surface area contributed by atoms with Crippen molar-refractivity contribution in [2.75, 3.05) is 45.8 Å². The maximum Gasteiger partial charge on any atom is 0.248 e. The molecule has 2 heterocycles. The minimum absolute atomic E-state index is 0.0546. The lowest BCUT2D eigenvalue weighted by molar-refractivity contribution is -0.131. The Kier molecular flexibility index (Phi) is 5.89. The van der Waals surface area contributed by atoms with Crippen molar-refractivity contribution in [3.8, 4) is 0 Å². The molecule has 2 aliphatic rings. The molecule has 6 nitrogen and oxygen atoms in total. The van der Waals surface area contributed by atoms with E-state index in [1.807, 2.05) is 9.80 Å². The van der Waals surface area contributed by atoms with Gasteiger partial charge in [-0.25, -0.2) is 17.2 Å². The summed E-state index contributed by atoms with van der Waals surface area (Å²) >= 11 is 0. The fraction of sp³-hybridized carbons (Fsp3) is 0.588. The van der Waals surface area contributed by atoms with Crippen molar-refractivity contribution >= 4 is 15.9 Å². The summed E-state index contributed by atoms with van der Waals surface area (Å²) in [6.07, 6.45) is 2.54. The van der Waals surface area contributed by atoms with Gasteiger partial charge in [0.05, 0.1) is 6.54 Å². The van der Waals surface area contributed by atoms with E-state index in [2.05, 4.69) is 0 Å². The van der Waals surface area contributed by atoms with E-state index in [1.165, 1.54) is 0 Å². The van der Waals surface area contributed by atoms with Gasteiger partial charge in [-0.3, -0.25) is 9.69 Å². The van der Waals surface area contributed by atoms with Gasteiger partial charge in [0, 0.05) is 32.7 Å². The zero-order valence-electron chi connectivity index (χ0n) is 14.5. The minimum atomic E-state index is -4.25. The molecule has 0 saturated carbocycles. The Morgan fingerprint density at radius 2 is 1.58 bits per heavy atom. The van der Waals surface area contributed by atoms with Gasteiger partial charge in [0.15, 0.2) is 4.90 Å². The van der Waals surface area contributed by atoms with Crippen LogP contribution in [0.15, 0.2) is 23.1 Å². The summed E-state index contributed by atoms with van der Waals surface area (Å²) in [6, 6.07) is 3.02. The first-order valence-electron chi connectivity index (χ1n) is 8.84. The molecular formula is C17H23F2N3O3S. The molecule has 0 bridgehead atoms. The summed E-state index contributed by atoms with van der Waals surface area (Å²) in [7, 11) is -4.25. The van der Waals surface area contributed by atoms with Crippen LogP contribution < -0.4 is 0 Å². The van der Waals surface area contributed by atoms with Crippen molar-refractivity contribution in [1.29, 1.82) is 0 Å². The van der Waals surface area contributed by atoms with E-state index >= 15 is 0 Å². The van der Waals surface area contributed by atoms with Crippen molar-refractivity contribution in [3.63, 3.8) is 0 Å². The molecule has 2 saturated heterocycles. The first kappa shape index (κ1) is 19.2. The maximum absolute atomic E-state index is 13.9. The van der Waals surface area contributed by atoms with Crippen LogP contribution in [0.2, 0.25) is 0 Å². The van der Waals surface area contributed by atoms with Gasteiger partial charge in [0.1, 0.15) is 11.6 Å². The zero-order chi connectivity index (χ0) is 18.7. The topological polar surface area (TPSA) is 60.9 Å². The van der Waals surface area contributed by atoms with Gasteiger partial charge in [0.2, 0.25) is 15.9 Å². The normalized spacial score (nSPS) is 20.3. The first-order chi connectivity index (χ1) is 12.4. The number of halogens is 2. The van der Waals surface area contributed by atoms with Gasteiger partial charge in [-0.1, -0.05) is 6.07 Å². The predicted molar refractivity (Wildman–Crippen MR) is 92.0 cm³/mol. The number of hydrogen-bond donors (Lipinski definition) is 0. The van der Waals surface area contributed by atoms with E-state index in [0.29, 0.717) is 19.5 Å². The molecule has 0 N–H and O–H groups in total. The van der Waals surface area contributed by atoms with Crippen molar-refractivity contribution in [2.24, 2.45) is 0 Å². The average Bonchev–Trinajstić information content (AvgIpc) is 3.01. The van der Waals surface area contributed by atoms with E-state index in [-0.39, 0.29) is 25.5 Å². The smallest absolute Gasteiger partial charge is 0.248 e. The molecule has 0 atom stereocenters. The number of amides is 1. The Balaban J connectivity index is 1.67. The predicted octanol–water partition coefficient (Wildman–Crippen LogP) is 1.28. The fourth-order valence-electron chi connectivity index (χ4n) is 3.46. The molecule has 1 aromatic rings. The Morgan fingerprint density at radius 3 is 2.23 bits per heavy atom. The second-order valence-electron chi connectivity index (χ2n) is 6.67. The van der Waals surface area contributed by atoms with Gasteiger partial charge in [-0.05, 0) is 37.9 Å². The summed E-state index contributed by atoms with van der Waals surface area (Å²) < 4.78 is 54.3. The molecule has 2 fully saturated rings. The maximum atomic E-state index is 13.9. The molecule has 144 valence electrons. The number of hydrogen-bond acceptors (Lipinski definition) is 4. The number of nitrogens with zero attached hydrogens (tertiary/aromatic N) is 3. The average molecular weight is 387 g/mol. The van der Waals surface area contributed by atoms with Crippen LogP contribution in [-0.2, 0) is 14.8 Å². The molecule has 0 spiro atoms. The number of sulfonamides is 1. The highest BCUT2D eigenvalue weighted by molar-refractivity contribution is 7.89. The molecular weight excluding hydrogens is 364 g/mol. The van der Waals surface area contributed by atoms with E-state index in [4.69, 9.17) is 0 Å². The van der Waals surface area contributed by atoms with Crippen LogP contribution in [-0.4, -0.2) is 74.2 Å². The van der Waals surface area contributed by atoms with Crippen molar-refractivity contribution < 1.29 is 22.0 Å². The fourth-order valence-corrected chi connectivity index (χ4v) is 5.04. The second-order valence-corrected chi connectivity index (χ2v) is 8.55. The van der Waals surface area contributed by atoms with E-state index < -0.39 is 26.6 Å². The standard InChI is InChI=1S/C17H23F2N3O3S/c18-14-5-3-6-15(19)17(14)26(24,25)22-10-4-7-20(11-12-22)13-16(23)21-8-1-2-9-21/h3,5-6H,1-2,4,7-13H2. The van der Waals surface area contributed by atoms with Gasteiger partial charge < -0.3 is 4.90 Å². The molecule has 1 aromatic carbocycles. The van der Waals surface area contributed by atoms with Crippen LogP contribution in [0.25, 0.3) is 0 Å². The molecule has 2 aliphatic heterocycles. The van der Waals surface area contributed by atoms with Crippen molar-refractivity contribution in [2.45, 2.75) is 24.2 Å². The summed E-state index contributed by atoms with van der Waals surface area (Å²) in [5.41, 5.74) is 0. The first-order valence-corrected chi connectivity index (χ1v) is 10.3.